The third-order valence-corrected chi connectivity index (χ3v) is 3.97. The van der Waals surface area contributed by atoms with E-state index >= 15 is 0 Å². The van der Waals surface area contributed by atoms with Crippen LogP contribution in [0.1, 0.15) is 37.7 Å². The summed E-state index contributed by atoms with van der Waals surface area (Å²) in [6, 6.07) is 8.38. The van der Waals surface area contributed by atoms with Crippen LogP contribution >= 0.6 is 23.8 Å². The Morgan fingerprint density at radius 1 is 1.22 bits per heavy atom. The predicted molar refractivity (Wildman–Crippen MR) is 80.9 cm³/mol. The Labute approximate surface area is 119 Å². The summed E-state index contributed by atoms with van der Waals surface area (Å²) in [5.74, 6) is 0. The quantitative estimate of drug-likeness (QED) is 0.828. The van der Waals surface area contributed by atoms with E-state index in [1.165, 1.54) is 32.1 Å². The van der Waals surface area contributed by atoms with Crippen LogP contribution in [0.3, 0.4) is 0 Å². The zero-order valence-corrected chi connectivity index (χ0v) is 12.0. The molecule has 0 aliphatic heterocycles. The zero-order chi connectivity index (χ0) is 12.8. The minimum atomic E-state index is 0.546. The number of nitrogens with one attached hydrogen (secondary N) is 2. The molecule has 0 radical (unpaired) electrons. The third-order valence-electron chi connectivity index (χ3n) is 3.34. The van der Waals surface area contributed by atoms with Gasteiger partial charge in [0.1, 0.15) is 0 Å². The molecule has 2 N–H and O–H groups in total. The highest BCUT2D eigenvalue weighted by Crippen LogP contribution is 2.17. The van der Waals surface area contributed by atoms with Crippen LogP contribution in [0.2, 0.25) is 5.02 Å². The van der Waals surface area contributed by atoms with Crippen LogP contribution in [0.15, 0.2) is 24.3 Å². The van der Waals surface area contributed by atoms with Crippen molar-refractivity contribution in [3.63, 3.8) is 0 Å². The Bertz CT molecular complexity index is 403. The van der Waals surface area contributed by atoms with Crippen molar-refractivity contribution in [1.29, 1.82) is 0 Å². The predicted octanol–water partition coefficient (Wildman–Crippen LogP) is 3.64. The van der Waals surface area contributed by atoms with Crippen LogP contribution in [-0.2, 0) is 6.54 Å². The molecule has 0 atom stereocenters. The molecule has 18 heavy (non-hydrogen) atoms. The summed E-state index contributed by atoms with van der Waals surface area (Å²) < 4.78 is 0. The maximum atomic E-state index is 6.10. The molecule has 0 aromatic heterocycles. The van der Waals surface area contributed by atoms with Crippen LogP contribution in [0.5, 0.6) is 0 Å². The minimum Gasteiger partial charge on any atom is -0.360 e. The van der Waals surface area contributed by atoms with Gasteiger partial charge in [-0.2, -0.15) is 0 Å². The van der Waals surface area contributed by atoms with E-state index in [1.54, 1.807) is 0 Å². The van der Waals surface area contributed by atoms with Gasteiger partial charge < -0.3 is 10.6 Å². The second kappa shape index (κ2) is 6.95. The lowest BCUT2D eigenvalue weighted by Crippen LogP contribution is -2.42. The van der Waals surface area contributed by atoms with Crippen LogP contribution < -0.4 is 10.6 Å². The van der Waals surface area contributed by atoms with E-state index in [0.717, 1.165) is 15.7 Å². The zero-order valence-electron chi connectivity index (χ0n) is 10.4. The molecule has 4 heteroatoms. The molecule has 1 fully saturated rings. The highest BCUT2D eigenvalue weighted by molar-refractivity contribution is 7.80. The summed E-state index contributed by atoms with van der Waals surface area (Å²) in [5, 5.41) is 8.13. The van der Waals surface area contributed by atoms with Gasteiger partial charge in [0.25, 0.3) is 0 Å². The maximum Gasteiger partial charge on any atom is 0.166 e. The van der Waals surface area contributed by atoms with Crippen molar-refractivity contribution in [2.75, 3.05) is 0 Å². The van der Waals surface area contributed by atoms with Gasteiger partial charge in [-0.15, -0.1) is 0 Å². The molecule has 2 nitrogen and oxygen atoms in total. The smallest absolute Gasteiger partial charge is 0.166 e. The fourth-order valence-electron chi connectivity index (χ4n) is 2.30. The average molecular weight is 283 g/mol. The molecular formula is C14H19ClN2S. The molecule has 0 amide bonds. The maximum absolute atomic E-state index is 6.10. The summed E-state index contributed by atoms with van der Waals surface area (Å²) in [7, 11) is 0. The highest BCUT2D eigenvalue weighted by atomic mass is 35.5. The summed E-state index contributed by atoms with van der Waals surface area (Å²) in [6.07, 6.45) is 6.44. The molecule has 0 saturated heterocycles. The van der Waals surface area contributed by atoms with E-state index in [9.17, 15) is 0 Å². The average Bonchev–Trinajstić information content (AvgIpc) is 2.39. The fourth-order valence-corrected chi connectivity index (χ4v) is 2.74. The van der Waals surface area contributed by atoms with Gasteiger partial charge in [0, 0.05) is 17.6 Å². The number of hydrogen-bond acceptors (Lipinski definition) is 1. The number of hydrogen-bond donors (Lipinski definition) is 2. The number of halogens is 1. The Morgan fingerprint density at radius 2 is 1.94 bits per heavy atom. The first-order valence-electron chi connectivity index (χ1n) is 6.53. The molecule has 0 spiro atoms. The lowest BCUT2D eigenvalue weighted by Gasteiger charge is -2.24. The molecular weight excluding hydrogens is 264 g/mol. The minimum absolute atomic E-state index is 0.546. The Morgan fingerprint density at radius 3 is 2.67 bits per heavy atom. The van der Waals surface area contributed by atoms with Gasteiger partial charge in [-0.05, 0) is 36.7 Å². The monoisotopic (exact) mass is 282 g/mol. The fraction of sp³-hybridized carbons (Fsp3) is 0.500. The molecule has 0 unspecified atom stereocenters. The van der Waals surface area contributed by atoms with E-state index in [1.807, 2.05) is 24.3 Å². The normalized spacial score (nSPS) is 16.3. The molecule has 0 heterocycles. The van der Waals surface area contributed by atoms with Gasteiger partial charge in [0.2, 0.25) is 0 Å². The van der Waals surface area contributed by atoms with Crippen molar-refractivity contribution in [3.05, 3.63) is 34.9 Å². The van der Waals surface area contributed by atoms with Gasteiger partial charge >= 0.3 is 0 Å². The molecule has 1 saturated carbocycles. The first-order chi connectivity index (χ1) is 8.75. The highest BCUT2D eigenvalue weighted by Gasteiger charge is 2.13. The number of rotatable bonds is 3. The standard InChI is InChI=1S/C14H19ClN2S/c15-13-9-5-4-6-11(13)10-16-14(18)17-12-7-2-1-3-8-12/h4-6,9,12H,1-3,7-8,10H2,(H2,16,17,18). The first-order valence-corrected chi connectivity index (χ1v) is 7.32. The van der Waals surface area contributed by atoms with Gasteiger partial charge in [-0.1, -0.05) is 49.1 Å². The van der Waals surface area contributed by atoms with Gasteiger partial charge in [0.15, 0.2) is 5.11 Å². The van der Waals surface area contributed by atoms with Crippen LogP contribution in [0, 0.1) is 0 Å². The summed E-state index contributed by atoms with van der Waals surface area (Å²) in [6.45, 7) is 0.679. The van der Waals surface area contributed by atoms with E-state index in [0.29, 0.717) is 12.6 Å². The topological polar surface area (TPSA) is 24.1 Å². The van der Waals surface area contributed by atoms with E-state index in [-0.39, 0.29) is 0 Å². The molecule has 1 aliphatic carbocycles. The summed E-state index contributed by atoms with van der Waals surface area (Å²) >= 11 is 11.4. The Hall–Kier alpha value is -0.800. The van der Waals surface area contributed by atoms with Crippen molar-refractivity contribution in [1.82, 2.24) is 10.6 Å². The lowest BCUT2D eigenvalue weighted by atomic mass is 9.96. The first kappa shape index (κ1) is 13.6. The largest absolute Gasteiger partial charge is 0.360 e. The van der Waals surface area contributed by atoms with E-state index in [2.05, 4.69) is 10.6 Å². The SMILES string of the molecule is S=C(NCc1ccccc1Cl)NC1CCCCC1. The van der Waals surface area contributed by atoms with E-state index in [4.69, 9.17) is 23.8 Å². The van der Waals surface area contributed by atoms with Crippen molar-refractivity contribution in [2.24, 2.45) is 0 Å². The third kappa shape index (κ3) is 4.14. The van der Waals surface area contributed by atoms with Crippen molar-refractivity contribution < 1.29 is 0 Å². The number of benzene rings is 1. The van der Waals surface area contributed by atoms with Crippen molar-refractivity contribution in [3.8, 4) is 0 Å². The van der Waals surface area contributed by atoms with Gasteiger partial charge in [0.05, 0.1) is 0 Å². The Kier molecular flexibility index (Phi) is 5.26. The van der Waals surface area contributed by atoms with E-state index < -0.39 is 0 Å². The van der Waals surface area contributed by atoms with Crippen LogP contribution in [-0.4, -0.2) is 11.2 Å². The second-order valence-electron chi connectivity index (χ2n) is 4.75. The van der Waals surface area contributed by atoms with Crippen molar-refractivity contribution in [2.45, 2.75) is 44.7 Å². The molecule has 1 aliphatic rings. The molecule has 98 valence electrons. The van der Waals surface area contributed by atoms with Gasteiger partial charge in [-0.25, -0.2) is 0 Å². The molecule has 0 bridgehead atoms. The summed E-state index contributed by atoms with van der Waals surface area (Å²) in [5.41, 5.74) is 1.08. The van der Waals surface area contributed by atoms with Crippen LogP contribution in [0.4, 0.5) is 0 Å². The molecule has 2 rings (SSSR count). The van der Waals surface area contributed by atoms with Crippen molar-refractivity contribution >= 4 is 28.9 Å². The van der Waals surface area contributed by atoms with Crippen LogP contribution in [0.25, 0.3) is 0 Å². The Balaban J connectivity index is 1.76. The molecule has 1 aromatic rings. The van der Waals surface area contributed by atoms with Gasteiger partial charge in [-0.3, -0.25) is 0 Å². The molecule has 1 aromatic carbocycles. The number of thiocarbonyl (C=S) groups is 1. The lowest BCUT2D eigenvalue weighted by molar-refractivity contribution is 0.412. The summed E-state index contributed by atoms with van der Waals surface area (Å²) in [4.78, 5) is 0. The second-order valence-corrected chi connectivity index (χ2v) is 5.57.